The third-order valence-electron chi connectivity index (χ3n) is 3.92. The molecular weight excluding hydrogens is 270 g/mol. The van der Waals surface area contributed by atoms with Crippen LogP contribution in [-0.2, 0) is 7.05 Å². The third kappa shape index (κ3) is 1.99. The van der Waals surface area contributed by atoms with E-state index in [1.807, 2.05) is 44.0 Å². The maximum atomic E-state index is 4.62. The number of hydrogen-bond acceptors (Lipinski definition) is 2. The lowest BCUT2D eigenvalue weighted by Gasteiger charge is -2.10. The molecule has 0 atom stereocenters. The van der Waals surface area contributed by atoms with E-state index < -0.39 is 0 Å². The first-order valence-corrected chi connectivity index (χ1v) is 7.24. The summed E-state index contributed by atoms with van der Waals surface area (Å²) in [6.07, 6.45) is 5.61. The average molecular weight is 285 g/mol. The molecule has 0 radical (unpaired) electrons. The largest absolute Gasteiger partial charge is 0.333 e. The van der Waals surface area contributed by atoms with Crippen LogP contribution >= 0.6 is 0 Å². The van der Waals surface area contributed by atoms with Crippen molar-refractivity contribution in [3.63, 3.8) is 0 Å². The molecule has 2 aromatic heterocycles. The summed E-state index contributed by atoms with van der Waals surface area (Å²) in [4.78, 5) is 8.83. The molecule has 0 unspecified atom stereocenters. The van der Waals surface area contributed by atoms with Crippen LogP contribution in [-0.4, -0.2) is 14.5 Å². The average Bonchev–Trinajstić information content (AvgIpc) is 2.96. The Morgan fingerprint density at radius 1 is 0.909 bits per heavy atom. The van der Waals surface area contributed by atoms with Gasteiger partial charge in [0.25, 0.3) is 0 Å². The highest BCUT2D eigenvalue weighted by atomic mass is 15.0. The molecule has 106 valence electrons. The van der Waals surface area contributed by atoms with E-state index in [4.69, 9.17) is 0 Å². The third-order valence-corrected chi connectivity index (χ3v) is 3.92. The Kier molecular flexibility index (Phi) is 2.97. The minimum absolute atomic E-state index is 1.01. The SMILES string of the molecule is Cn1cnc(-c2ccccc2)c1-c1cccc2cnccc12. The highest BCUT2D eigenvalue weighted by Gasteiger charge is 2.15. The Morgan fingerprint density at radius 2 is 1.77 bits per heavy atom. The topological polar surface area (TPSA) is 30.7 Å². The molecule has 3 heteroatoms. The fraction of sp³-hybridized carbons (Fsp3) is 0.0526. The van der Waals surface area contributed by atoms with E-state index >= 15 is 0 Å². The Hall–Kier alpha value is -2.94. The summed E-state index contributed by atoms with van der Waals surface area (Å²) >= 11 is 0. The number of hydrogen-bond donors (Lipinski definition) is 0. The standard InChI is InChI=1S/C19H15N3/c1-22-13-21-18(14-6-3-2-4-7-14)19(22)17-9-5-8-15-12-20-11-10-16(15)17/h2-13H,1H3. The Labute approximate surface area is 128 Å². The van der Waals surface area contributed by atoms with Crippen molar-refractivity contribution in [2.45, 2.75) is 0 Å². The number of benzene rings is 2. The Balaban J connectivity index is 2.02. The molecule has 0 amide bonds. The predicted molar refractivity (Wildman–Crippen MR) is 89.4 cm³/mol. The monoisotopic (exact) mass is 285 g/mol. The van der Waals surface area contributed by atoms with Crippen LogP contribution in [0.15, 0.2) is 73.3 Å². The summed E-state index contributed by atoms with van der Waals surface area (Å²) in [5, 5.41) is 2.33. The van der Waals surface area contributed by atoms with Crippen LogP contribution in [0.5, 0.6) is 0 Å². The van der Waals surface area contributed by atoms with Crippen LogP contribution in [0.4, 0.5) is 0 Å². The minimum Gasteiger partial charge on any atom is -0.333 e. The van der Waals surface area contributed by atoms with Crippen LogP contribution in [0, 0.1) is 0 Å². The number of imidazole rings is 1. The lowest BCUT2D eigenvalue weighted by atomic mass is 10.00. The summed E-state index contributed by atoms with van der Waals surface area (Å²) in [5.41, 5.74) is 4.44. The van der Waals surface area contributed by atoms with Gasteiger partial charge in [-0.1, -0.05) is 48.5 Å². The Bertz CT molecular complexity index is 934. The van der Waals surface area contributed by atoms with Gasteiger partial charge in [-0.05, 0) is 11.5 Å². The molecule has 0 saturated heterocycles. The molecule has 3 nitrogen and oxygen atoms in total. The molecule has 22 heavy (non-hydrogen) atoms. The Morgan fingerprint density at radius 3 is 2.64 bits per heavy atom. The first kappa shape index (κ1) is 12.8. The van der Waals surface area contributed by atoms with Crippen molar-refractivity contribution < 1.29 is 0 Å². The number of fused-ring (bicyclic) bond motifs is 1. The molecule has 0 bridgehead atoms. The fourth-order valence-electron chi connectivity index (χ4n) is 2.88. The van der Waals surface area contributed by atoms with Crippen molar-refractivity contribution in [3.8, 4) is 22.5 Å². The van der Waals surface area contributed by atoms with Gasteiger partial charge in [-0.15, -0.1) is 0 Å². The predicted octanol–water partition coefficient (Wildman–Crippen LogP) is 4.30. The van der Waals surface area contributed by atoms with Crippen molar-refractivity contribution in [1.29, 1.82) is 0 Å². The molecule has 0 fully saturated rings. The highest BCUT2D eigenvalue weighted by Crippen LogP contribution is 2.34. The van der Waals surface area contributed by atoms with E-state index in [1.54, 1.807) is 0 Å². The van der Waals surface area contributed by atoms with Crippen LogP contribution in [0.2, 0.25) is 0 Å². The number of pyridine rings is 1. The van der Waals surface area contributed by atoms with Crippen molar-refractivity contribution in [1.82, 2.24) is 14.5 Å². The molecule has 4 aromatic rings. The van der Waals surface area contributed by atoms with E-state index in [0.29, 0.717) is 0 Å². The molecule has 0 N–H and O–H groups in total. The molecule has 0 aliphatic carbocycles. The van der Waals surface area contributed by atoms with Gasteiger partial charge in [-0.25, -0.2) is 4.98 Å². The molecule has 2 heterocycles. The van der Waals surface area contributed by atoms with Gasteiger partial charge in [0, 0.05) is 36.0 Å². The highest BCUT2D eigenvalue weighted by molar-refractivity contribution is 5.98. The summed E-state index contributed by atoms with van der Waals surface area (Å²) in [5.74, 6) is 0. The van der Waals surface area contributed by atoms with E-state index in [-0.39, 0.29) is 0 Å². The van der Waals surface area contributed by atoms with Gasteiger partial charge in [-0.2, -0.15) is 0 Å². The smallest absolute Gasteiger partial charge is 0.0963 e. The van der Waals surface area contributed by atoms with Gasteiger partial charge < -0.3 is 4.57 Å². The molecule has 0 aliphatic rings. The van der Waals surface area contributed by atoms with Crippen LogP contribution in [0.3, 0.4) is 0 Å². The van der Waals surface area contributed by atoms with Gasteiger partial charge in [0.2, 0.25) is 0 Å². The molecule has 4 rings (SSSR count). The fourth-order valence-corrected chi connectivity index (χ4v) is 2.88. The van der Waals surface area contributed by atoms with Gasteiger partial charge in [0.05, 0.1) is 17.7 Å². The van der Waals surface area contributed by atoms with Gasteiger partial charge in [0.1, 0.15) is 0 Å². The zero-order chi connectivity index (χ0) is 14.9. The van der Waals surface area contributed by atoms with E-state index in [9.17, 15) is 0 Å². The van der Waals surface area contributed by atoms with Crippen molar-refractivity contribution in [2.75, 3.05) is 0 Å². The first-order chi connectivity index (χ1) is 10.8. The number of aromatic nitrogens is 3. The minimum atomic E-state index is 1.01. The van der Waals surface area contributed by atoms with Crippen molar-refractivity contribution in [2.24, 2.45) is 7.05 Å². The summed E-state index contributed by atoms with van der Waals surface area (Å²) in [6.45, 7) is 0. The van der Waals surface area contributed by atoms with Crippen molar-refractivity contribution in [3.05, 3.63) is 73.3 Å². The molecule has 0 aliphatic heterocycles. The second-order valence-electron chi connectivity index (χ2n) is 5.32. The molecular formula is C19H15N3. The van der Waals surface area contributed by atoms with Crippen LogP contribution in [0.1, 0.15) is 0 Å². The van der Waals surface area contributed by atoms with Gasteiger partial charge in [-0.3, -0.25) is 4.98 Å². The lowest BCUT2D eigenvalue weighted by molar-refractivity contribution is 0.922. The normalized spacial score (nSPS) is 11.0. The van der Waals surface area contributed by atoms with E-state index in [0.717, 1.165) is 22.3 Å². The molecule has 0 saturated carbocycles. The van der Waals surface area contributed by atoms with Gasteiger partial charge >= 0.3 is 0 Å². The van der Waals surface area contributed by atoms with E-state index in [1.165, 1.54) is 10.9 Å². The second kappa shape index (κ2) is 5.11. The second-order valence-corrected chi connectivity index (χ2v) is 5.32. The number of nitrogens with zero attached hydrogens (tertiary/aromatic N) is 3. The van der Waals surface area contributed by atoms with Crippen LogP contribution < -0.4 is 0 Å². The zero-order valence-corrected chi connectivity index (χ0v) is 12.3. The first-order valence-electron chi connectivity index (χ1n) is 7.24. The number of rotatable bonds is 2. The van der Waals surface area contributed by atoms with E-state index in [2.05, 4.69) is 50.9 Å². The maximum Gasteiger partial charge on any atom is 0.0963 e. The molecule has 2 aromatic carbocycles. The molecule has 0 spiro atoms. The summed E-state index contributed by atoms with van der Waals surface area (Å²) < 4.78 is 2.08. The maximum absolute atomic E-state index is 4.62. The summed E-state index contributed by atoms with van der Waals surface area (Å²) in [7, 11) is 2.04. The lowest BCUT2D eigenvalue weighted by Crippen LogP contribution is -1.93. The van der Waals surface area contributed by atoms with Crippen molar-refractivity contribution >= 4 is 10.8 Å². The van der Waals surface area contributed by atoms with Crippen LogP contribution in [0.25, 0.3) is 33.3 Å². The van der Waals surface area contributed by atoms with Gasteiger partial charge in [0.15, 0.2) is 0 Å². The zero-order valence-electron chi connectivity index (χ0n) is 12.3. The summed E-state index contributed by atoms with van der Waals surface area (Å²) in [6, 6.07) is 18.7. The quantitative estimate of drug-likeness (QED) is 0.549. The number of aryl methyl sites for hydroxylation is 1.